The number of likely N-dealkylation sites (tertiary alicyclic amines) is 1. The monoisotopic (exact) mass is 367 g/mol. The van der Waals surface area contributed by atoms with Gasteiger partial charge in [0.25, 0.3) is 5.91 Å². The number of ether oxygens (including phenoxy) is 1. The van der Waals surface area contributed by atoms with Crippen molar-refractivity contribution in [1.29, 1.82) is 0 Å². The summed E-state index contributed by atoms with van der Waals surface area (Å²) < 4.78 is 5.43. The van der Waals surface area contributed by atoms with E-state index in [1.807, 2.05) is 29.2 Å². The highest BCUT2D eigenvalue weighted by atomic mass is 16.5. The fourth-order valence-corrected chi connectivity index (χ4v) is 3.83. The number of hydrogen-bond acceptors (Lipinski definition) is 6. The molecule has 27 heavy (non-hydrogen) atoms. The Hall–Kier alpha value is -2.51. The fraction of sp³-hybridized carbons (Fsp3) is 0.450. The third kappa shape index (κ3) is 4.09. The Morgan fingerprint density at radius 1 is 1.00 bits per heavy atom. The molecule has 0 bridgehead atoms. The number of nitrogens with zero attached hydrogens (tertiary/aromatic N) is 4. The summed E-state index contributed by atoms with van der Waals surface area (Å²) in [6.07, 6.45) is 5.24. The molecule has 1 aromatic heterocycles. The predicted molar refractivity (Wildman–Crippen MR) is 103 cm³/mol. The van der Waals surface area contributed by atoms with Gasteiger partial charge >= 0.3 is 0 Å². The molecule has 0 saturated carbocycles. The zero-order valence-electron chi connectivity index (χ0n) is 15.4. The molecule has 2 aliphatic rings. The van der Waals surface area contributed by atoms with Crippen LogP contribution in [0.25, 0.3) is 11.3 Å². The van der Waals surface area contributed by atoms with Crippen LogP contribution in [-0.4, -0.2) is 71.1 Å². The zero-order chi connectivity index (χ0) is 18.6. The first-order valence-electron chi connectivity index (χ1n) is 9.50. The van der Waals surface area contributed by atoms with Crippen molar-refractivity contribution in [3.05, 3.63) is 42.2 Å². The summed E-state index contributed by atoms with van der Waals surface area (Å²) in [5.74, 6) is 0.497. The number of carbonyl (C=O) groups excluding carboxylic acids is 1. The van der Waals surface area contributed by atoms with Crippen LogP contribution in [0.1, 0.15) is 23.2 Å². The molecule has 2 aromatic rings. The first-order chi connectivity index (χ1) is 13.2. The second-order valence-electron chi connectivity index (χ2n) is 7.08. The first kappa shape index (κ1) is 17.9. The number of piperidine rings is 1. The van der Waals surface area contributed by atoms with E-state index in [1.165, 1.54) is 6.20 Å². The molecule has 1 aromatic carbocycles. The number of benzene rings is 1. The summed E-state index contributed by atoms with van der Waals surface area (Å²) in [7, 11) is 0. The molecule has 2 aliphatic heterocycles. The number of nitrogen functional groups attached to an aromatic ring is 1. The van der Waals surface area contributed by atoms with E-state index in [1.54, 1.807) is 6.20 Å². The van der Waals surface area contributed by atoms with Crippen LogP contribution in [0.4, 0.5) is 5.82 Å². The highest BCUT2D eigenvalue weighted by Gasteiger charge is 2.28. The molecule has 0 radical (unpaired) electrons. The van der Waals surface area contributed by atoms with E-state index < -0.39 is 0 Å². The van der Waals surface area contributed by atoms with Crippen LogP contribution in [0.3, 0.4) is 0 Å². The molecule has 0 atom stereocenters. The molecule has 2 saturated heterocycles. The van der Waals surface area contributed by atoms with E-state index in [9.17, 15) is 4.79 Å². The number of rotatable bonds is 3. The Morgan fingerprint density at radius 2 is 1.70 bits per heavy atom. The van der Waals surface area contributed by atoms with Crippen molar-refractivity contribution >= 4 is 11.7 Å². The van der Waals surface area contributed by atoms with Crippen molar-refractivity contribution in [3.8, 4) is 11.3 Å². The summed E-state index contributed by atoms with van der Waals surface area (Å²) in [4.78, 5) is 25.6. The predicted octanol–water partition coefficient (Wildman–Crippen LogP) is 1.66. The van der Waals surface area contributed by atoms with Gasteiger partial charge in [0.2, 0.25) is 0 Å². The molecule has 7 heteroatoms. The van der Waals surface area contributed by atoms with Crippen LogP contribution in [0.15, 0.2) is 36.7 Å². The minimum atomic E-state index is 0.102. The molecule has 4 rings (SSSR count). The van der Waals surface area contributed by atoms with Crippen LogP contribution in [0.5, 0.6) is 0 Å². The van der Waals surface area contributed by atoms with Crippen LogP contribution >= 0.6 is 0 Å². The van der Waals surface area contributed by atoms with Crippen molar-refractivity contribution in [2.75, 3.05) is 45.1 Å². The number of aromatic nitrogens is 2. The van der Waals surface area contributed by atoms with Gasteiger partial charge in [-0.1, -0.05) is 12.1 Å². The molecule has 7 nitrogen and oxygen atoms in total. The lowest BCUT2D eigenvalue weighted by atomic mass is 10.0. The highest BCUT2D eigenvalue weighted by Crippen LogP contribution is 2.21. The summed E-state index contributed by atoms with van der Waals surface area (Å²) >= 11 is 0. The standard InChI is InChI=1S/C20H25N5O2/c21-19-14-22-18(13-23-19)15-1-3-16(4-2-15)20(26)25-7-5-17(6-8-25)24-9-11-27-12-10-24/h1-4,13-14,17H,5-12H2,(H2,21,23). The molecule has 0 spiro atoms. The number of amides is 1. The minimum Gasteiger partial charge on any atom is -0.382 e. The Bertz CT molecular complexity index is 764. The van der Waals surface area contributed by atoms with Crippen molar-refractivity contribution in [1.82, 2.24) is 19.8 Å². The van der Waals surface area contributed by atoms with Crippen LogP contribution in [0.2, 0.25) is 0 Å². The number of nitrogens with two attached hydrogens (primary N) is 1. The summed E-state index contributed by atoms with van der Waals surface area (Å²) in [6, 6.07) is 8.12. The van der Waals surface area contributed by atoms with E-state index >= 15 is 0 Å². The van der Waals surface area contributed by atoms with Gasteiger partial charge in [-0.15, -0.1) is 0 Å². The number of carbonyl (C=O) groups is 1. The van der Waals surface area contributed by atoms with E-state index in [4.69, 9.17) is 10.5 Å². The normalized spacial score (nSPS) is 19.2. The first-order valence-corrected chi connectivity index (χ1v) is 9.50. The molecule has 0 unspecified atom stereocenters. The maximum absolute atomic E-state index is 12.8. The third-order valence-corrected chi connectivity index (χ3v) is 5.41. The average molecular weight is 367 g/mol. The number of anilines is 1. The van der Waals surface area contributed by atoms with E-state index in [0.717, 1.165) is 63.5 Å². The van der Waals surface area contributed by atoms with Crippen molar-refractivity contribution < 1.29 is 9.53 Å². The van der Waals surface area contributed by atoms with Gasteiger partial charge < -0.3 is 15.4 Å². The number of morpholine rings is 1. The molecule has 1 amide bonds. The maximum atomic E-state index is 12.8. The molecule has 142 valence electrons. The Balaban J connectivity index is 1.36. The highest BCUT2D eigenvalue weighted by molar-refractivity contribution is 5.94. The SMILES string of the molecule is Nc1cnc(-c2ccc(C(=O)N3CCC(N4CCOCC4)CC3)cc2)cn1. The molecule has 3 heterocycles. The smallest absolute Gasteiger partial charge is 0.253 e. The van der Waals surface area contributed by atoms with E-state index in [-0.39, 0.29) is 5.91 Å². The van der Waals surface area contributed by atoms with Crippen LogP contribution in [-0.2, 0) is 4.74 Å². The Kier molecular flexibility index (Phi) is 5.31. The van der Waals surface area contributed by atoms with Gasteiger partial charge in [-0.3, -0.25) is 14.7 Å². The van der Waals surface area contributed by atoms with Gasteiger partial charge in [0.15, 0.2) is 0 Å². The molecule has 0 aliphatic carbocycles. The maximum Gasteiger partial charge on any atom is 0.253 e. The average Bonchev–Trinajstić information content (AvgIpc) is 2.75. The third-order valence-electron chi connectivity index (χ3n) is 5.41. The molecular formula is C20H25N5O2. The van der Waals surface area contributed by atoms with E-state index in [2.05, 4.69) is 14.9 Å². The van der Waals surface area contributed by atoms with Gasteiger partial charge in [0.1, 0.15) is 5.82 Å². The van der Waals surface area contributed by atoms with Gasteiger partial charge in [0, 0.05) is 43.3 Å². The lowest BCUT2D eigenvalue weighted by molar-refractivity contribution is 0.00159. The van der Waals surface area contributed by atoms with Crippen molar-refractivity contribution in [2.24, 2.45) is 0 Å². The summed E-state index contributed by atoms with van der Waals surface area (Å²) in [5.41, 5.74) is 7.96. The second kappa shape index (κ2) is 8.02. The second-order valence-corrected chi connectivity index (χ2v) is 7.08. The van der Waals surface area contributed by atoms with Gasteiger partial charge in [-0.25, -0.2) is 4.98 Å². The Morgan fingerprint density at radius 3 is 2.33 bits per heavy atom. The quantitative estimate of drug-likeness (QED) is 0.888. The largest absolute Gasteiger partial charge is 0.382 e. The van der Waals surface area contributed by atoms with Gasteiger partial charge in [-0.05, 0) is 25.0 Å². The van der Waals surface area contributed by atoms with Crippen LogP contribution < -0.4 is 5.73 Å². The minimum absolute atomic E-state index is 0.102. The molecule has 2 fully saturated rings. The Labute approximate surface area is 159 Å². The van der Waals surface area contributed by atoms with Gasteiger partial charge in [0.05, 0.1) is 31.3 Å². The van der Waals surface area contributed by atoms with Gasteiger partial charge in [-0.2, -0.15) is 0 Å². The zero-order valence-corrected chi connectivity index (χ0v) is 15.4. The lowest BCUT2D eigenvalue weighted by Gasteiger charge is -2.40. The lowest BCUT2D eigenvalue weighted by Crippen LogP contribution is -2.50. The van der Waals surface area contributed by atoms with Crippen molar-refractivity contribution in [3.63, 3.8) is 0 Å². The summed E-state index contributed by atoms with van der Waals surface area (Å²) in [5, 5.41) is 0. The van der Waals surface area contributed by atoms with Crippen LogP contribution in [0, 0.1) is 0 Å². The summed E-state index contributed by atoms with van der Waals surface area (Å²) in [6.45, 7) is 5.29. The fourth-order valence-electron chi connectivity index (χ4n) is 3.83. The topological polar surface area (TPSA) is 84.6 Å². The molecule has 2 N–H and O–H groups in total. The van der Waals surface area contributed by atoms with Crippen molar-refractivity contribution in [2.45, 2.75) is 18.9 Å². The number of hydrogen-bond donors (Lipinski definition) is 1. The molecular weight excluding hydrogens is 342 g/mol. The van der Waals surface area contributed by atoms with E-state index in [0.29, 0.717) is 17.4 Å².